The van der Waals surface area contributed by atoms with E-state index in [4.69, 9.17) is 16.3 Å². The van der Waals surface area contributed by atoms with Gasteiger partial charge < -0.3 is 9.64 Å². The van der Waals surface area contributed by atoms with Crippen LogP contribution in [0.4, 0.5) is 5.82 Å². The third-order valence-corrected chi connectivity index (χ3v) is 3.47. The molecule has 0 aliphatic heterocycles. The quantitative estimate of drug-likeness (QED) is 0.618. The number of rotatable bonds is 5. The van der Waals surface area contributed by atoms with E-state index in [2.05, 4.69) is 9.97 Å². The summed E-state index contributed by atoms with van der Waals surface area (Å²) in [5.74, 6) is 1.56. The molecule has 5 nitrogen and oxygen atoms in total. The van der Waals surface area contributed by atoms with Crippen molar-refractivity contribution in [1.82, 2.24) is 9.97 Å². The number of nitrogens with zero attached hydrogens (tertiary/aromatic N) is 3. The highest BCUT2D eigenvalue weighted by Crippen LogP contribution is 2.39. The van der Waals surface area contributed by atoms with Crippen molar-refractivity contribution in [3.63, 3.8) is 0 Å². The fourth-order valence-corrected chi connectivity index (χ4v) is 2.00. The number of anilines is 1. The fraction of sp³-hybridized carbons (Fsp3) is 0.643. The number of hydrogen-bond donors (Lipinski definition) is 0. The van der Waals surface area contributed by atoms with E-state index < -0.39 is 6.04 Å². The molecule has 1 aromatic heterocycles. The Bertz CT molecular complexity index is 503. The third kappa shape index (κ3) is 3.60. The number of carbonyl (C=O) groups excluding carboxylic acids is 1. The molecule has 0 spiro atoms. The molecule has 1 aromatic rings. The molecule has 0 radical (unpaired) electrons. The Labute approximate surface area is 124 Å². The zero-order chi connectivity index (χ0) is 14.9. The van der Waals surface area contributed by atoms with E-state index in [0.717, 1.165) is 18.7 Å². The summed E-state index contributed by atoms with van der Waals surface area (Å²) in [6.07, 6.45) is 2.08. The van der Waals surface area contributed by atoms with E-state index in [9.17, 15) is 4.79 Å². The van der Waals surface area contributed by atoms with E-state index in [0.29, 0.717) is 16.9 Å². The van der Waals surface area contributed by atoms with E-state index in [1.165, 1.54) is 0 Å². The molecule has 2 rings (SSSR count). The molecule has 1 saturated carbocycles. The maximum absolute atomic E-state index is 11.9. The molecule has 0 amide bonds. The zero-order valence-electron chi connectivity index (χ0n) is 12.3. The van der Waals surface area contributed by atoms with Gasteiger partial charge >= 0.3 is 5.97 Å². The molecule has 0 saturated heterocycles. The fourth-order valence-electron chi connectivity index (χ4n) is 1.81. The smallest absolute Gasteiger partial charge is 0.328 e. The Morgan fingerprint density at radius 1 is 1.40 bits per heavy atom. The zero-order valence-corrected chi connectivity index (χ0v) is 13.0. The lowest BCUT2D eigenvalue weighted by Gasteiger charge is -2.25. The van der Waals surface area contributed by atoms with Gasteiger partial charge in [0.05, 0.1) is 6.10 Å². The Balaban J connectivity index is 2.15. The van der Waals surface area contributed by atoms with Gasteiger partial charge in [0.15, 0.2) is 0 Å². The second-order valence-electron chi connectivity index (χ2n) is 5.45. The predicted octanol–water partition coefficient (Wildman–Crippen LogP) is 2.78. The summed E-state index contributed by atoms with van der Waals surface area (Å²) >= 11 is 6.04. The van der Waals surface area contributed by atoms with Crippen molar-refractivity contribution in [3.05, 3.63) is 17.0 Å². The SMILES string of the molecule is CC(C)OC(=O)C(C)N(C)c1cc(Cl)nc(C2CC2)n1. The van der Waals surface area contributed by atoms with E-state index in [1.807, 2.05) is 20.9 Å². The maximum atomic E-state index is 11.9. The lowest BCUT2D eigenvalue weighted by Crippen LogP contribution is -2.38. The highest BCUT2D eigenvalue weighted by Gasteiger charge is 2.29. The first kappa shape index (κ1) is 15.0. The first-order valence-electron chi connectivity index (χ1n) is 6.86. The molecule has 1 aliphatic carbocycles. The summed E-state index contributed by atoms with van der Waals surface area (Å²) < 4.78 is 5.22. The van der Waals surface area contributed by atoms with E-state index >= 15 is 0 Å². The van der Waals surface area contributed by atoms with Crippen LogP contribution in [0, 0.1) is 0 Å². The Morgan fingerprint density at radius 2 is 2.05 bits per heavy atom. The van der Waals surface area contributed by atoms with Gasteiger partial charge in [0.1, 0.15) is 22.8 Å². The molecule has 1 heterocycles. The van der Waals surface area contributed by atoms with Crippen LogP contribution in [-0.2, 0) is 9.53 Å². The van der Waals surface area contributed by atoms with Crippen LogP contribution in [0.3, 0.4) is 0 Å². The van der Waals surface area contributed by atoms with E-state index in [1.54, 1.807) is 17.9 Å². The van der Waals surface area contributed by atoms with Gasteiger partial charge in [-0.05, 0) is 33.6 Å². The van der Waals surface area contributed by atoms with Crippen molar-refractivity contribution in [2.24, 2.45) is 0 Å². The summed E-state index contributed by atoms with van der Waals surface area (Å²) in [4.78, 5) is 22.5. The van der Waals surface area contributed by atoms with Gasteiger partial charge in [-0.1, -0.05) is 11.6 Å². The minimum absolute atomic E-state index is 0.130. The lowest BCUT2D eigenvalue weighted by atomic mass is 10.3. The van der Waals surface area contributed by atoms with Crippen LogP contribution in [-0.4, -0.2) is 35.1 Å². The number of esters is 1. The number of aromatic nitrogens is 2. The van der Waals surface area contributed by atoms with Crippen LogP contribution in [0.2, 0.25) is 5.15 Å². The molecule has 1 aliphatic rings. The van der Waals surface area contributed by atoms with Crippen LogP contribution in [0.1, 0.15) is 45.4 Å². The normalized spacial score (nSPS) is 16.1. The maximum Gasteiger partial charge on any atom is 0.328 e. The molecule has 0 N–H and O–H groups in total. The summed E-state index contributed by atoms with van der Waals surface area (Å²) in [5.41, 5.74) is 0. The summed E-state index contributed by atoms with van der Waals surface area (Å²) in [6.45, 7) is 5.45. The largest absolute Gasteiger partial charge is 0.461 e. The molecule has 1 fully saturated rings. The Kier molecular flexibility index (Phi) is 4.48. The number of halogens is 1. The van der Waals surface area contributed by atoms with Crippen molar-refractivity contribution in [2.45, 2.75) is 51.7 Å². The van der Waals surface area contributed by atoms with Crippen molar-refractivity contribution in [1.29, 1.82) is 0 Å². The first-order chi connectivity index (χ1) is 9.38. The number of carbonyl (C=O) groups is 1. The number of hydrogen-bond acceptors (Lipinski definition) is 5. The highest BCUT2D eigenvalue weighted by molar-refractivity contribution is 6.29. The standard InChI is InChI=1S/C14H20ClN3O2/c1-8(2)20-14(19)9(3)18(4)12-7-11(15)16-13(17-12)10-5-6-10/h7-10H,5-6H2,1-4H3. The minimum Gasteiger partial charge on any atom is -0.461 e. The van der Waals surface area contributed by atoms with E-state index in [-0.39, 0.29) is 12.1 Å². The molecular formula is C14H20ClN3O2. The second-order valence-corrected chi connectivity index (χ2v) is 5.84. The molecule has 0 bridgehead atoms. The Hall–Kier alpha value is -1.36. The molecule has 1 atom stereocenters. The third-order valence-electron chi connectivity index (χ3n) is 3.28. The van der Waals surface area contributed by atoms with Crippen molar-refractivity contribution in [3.8, 4) is 0 Å². The highest BCUT2D eigenvalue weighted by atomic mass is 35.5. The lowest BCUT2D eigenvalue weighted by molar-refractivity contribution is -0.148. The van der Waals surface area contributed by atoms with Crippen molar-refractivity contribution >= 4 is 23.4 Å². The van der Waals surface area contributed by atoms with Gasteiger partial charge in [-0.15, -0.1) is 0 Å². The first-order valence-corrected chi connectivity index (χ1v) is 7.24. The molecule has 0 aromatic carbocycles. The van der Waals surface area contributed by atoms with Gasteiger partial charge in [-0.25, -0.2) is 14.8 Å². The number of likely N-dealkylation sites (N-methyl/N-ethyl adjacent to an activating group) is 1. The average Bonchev–Trinajstić information content (AvgIpc) is 3.19. The molecule has 20 heavy (non-hydrogen) atoms. The molecule has 6 heteroatoms. The van der Waals surface area contributed by atoms with Crippen LogP contribution in [0.5, 0.6) is 0 Å². The topological polar surface area (TPSA) is 55.3 Å². The van der Waals surface area contributed by atoms with Crippen molar-refractivity contribution in [2.75, 3.05) is 11.9 Å². The van der Waals surface area contributed by atoms with Crippen LogP contribution < -0.4 is 4.90 Å². The summed E-state index contributed by atoms with van der Waals surface area (Å²) in [5, 5.41) is 0.410. The van der Waals surface area contributed by atoms with Gasteiger partial charge in [0.25, 0.3) is 0 Å². The average molecular weight is 298 g/mol. The van der Waals surface area contributed by atoms with Crippen LogP contribution in [0.15, 0.2) is 6.07 Å². The minimum atomic E-state index is -0.421. The van der Waals surface area contributed by atoms with Crippen LogP contribution in [0.25, 0.3) is 0 Å². The molecule has 110 valence electrons. The molecule has 1 unspecified atom stereocenters. The van der Waals surface area contributed by atoms with Gasteiger partial charge in [0.2, 0.25) is 0 Å². The summed E-state index contributed by atoms with van der Waals surface area (Å²) in [7, 11) is 1.81. The number of ether oxygens (including phenoxy) is 1. The van der Waals surface area contributed by atoms with Crippen molar-refractivity contribution < 1.29 is 9.53 Å². The molecular weight excluding hydrogens is 278 g/mol. The van der Waals surface area contributed by atoms with Gasteiger partial charge in [-0.3, -0.25) is 0 Å². The van der Waals surface area contributed by atoms with Gasteiger partial charge in [-0.2, -0.15) is 0 Å². The second kappa shape index (κ2) is 5.95. The predicted molar refractivity (Wildman–Crippen MR) is 78.1 cm³/mol. The Morgan fingerprint density at radius 3 is 2.60 bits per heavy atom. The monoisotopic (exact) mass is 297 g/mol. The van der Waals surface area contributed by atoms with Crippen LogP contribution >= 0.6 is 11.6 Å². The summed E-state index contributed by atoms with van der Waals surface area (Å²) in [6, 6.07) is 1.25. The van der Waals surface area contributed by atoms with Gasteiger partial charge in [0, 0.05) is 19.0 Å².